The Bertz CT molecular complexity index is 1290. The van der Waals surface area contributed by atoms with E-state index < -0.39 is 22.5 Å². The third-order valence-corrected chi connectivity index (χ3v) is 13.0. The zero-order valence-corrected chi connectivity index (χ0v) is 26.4. The highest BCUT2D eigenvalue weighted by Crippen LogP contribution is 2.78. The molecule has 236 valence electrons. The Morgan fingerprint density at radius 2 is 1.72 bits per heavy atom. The van der Waals surface area contributed by atoms with Crippen LogP contribution < -0.4 is 4.74 Å². The molecule has 6 aliphatic carbocycles. The fraction of sp³-hybridized carbons (Fsp3) is 0.694. The number of allylic oxidation sites excluding steroid dienone is 4. The van der Waals surface area contributed by atoms with Crippen LogP contribution in [0.2, 0.25) is 0 Å². The number of fused-ring (bicyclic) bond motifs is 1. The molecule has 1 aromatic rings. The van der Waals surface area contributed by atoms with Crippen molar-refractivity contribution in [3.8, 4) is 5.75 Å². The maximum Gasteiger partial charge on any atom is 0.189 e. The van der Waals surface area contributed by atoms with Gasteiger partial charge in [0.25, 0.3) is 0 Å². The summed E-state index contributed by atoms with van der Waals surface area (Å²) in [7, 11) is 1.62. The van der Waals surface area contributed by atoms with Crippen LogP contribution in [0.4, 0.5) is 0 Å². The number of Topliss-reactive ketones (excluding diaryl/α,β-unsaturated/α-hetero) is 1. The zero-order chi connectivity index (χ0) is 30.8. The summed E-state index contributed by atoms with van der Waals surface area (Å²) < 4.78 is 5.37. The summed E-state index contributed by atoms with van der Waals surface area (Å²) in [6.07, 6.45) is 12.2. The molecule has 2 bridgehead atoms. The first-order valence-electron chi connectivity index (χ1n) is 16.5. The van der Waals surface area contributed by atoms with Gasteiger partial charge in [-0.2, -0.15) is 0 Å². The van der Waals surface area contributed by atoms with Crippen LogP contribution in [0.3, 0.4) is 0 Å². The third kappa shape index (κ3) is 4.36. The van der Waals surface area contributed by atoms with E-state index in [-0.39, 0.29) is 41.2 Å². The number of hydrogen-bond acceptors (Lipinski definition) is 7. The Labute approximate surface area is 256 Å². The van der Waals surface area contributed by atoms with Crippen molar-refractivity contribution in [2.45, 2.75) is 89.9 Å². The minimum absolute atomic E-state index is 0.0388. The van der Waals surface area contributed by atoms with Gasteiger partial charge in [-0.25, -0.2) is 0 Å². The summed E-state index contributed by atoms with van der Waals surface area (Å²) in [5.74, 6) is 1.06. The Morgan fingerprint density at radius 1 is 1.05 bits per heavy atom. The summed E-state index contributed by atoms with van der Waals surface area (Å²) in [6.45, 7) is 7.93. The minimum atomic E-state index is -0.987. The highest BCUT2D eigenvalue weighted by atomic mass is 16.5. The Balaban J connectivity index is 1.45. The average Bonchev–Trinajstić information content (AvgIpc) is 3.26. The highest BCUT2D eigenvalue weighted by molar-refractivity contribution is 6.10. The average molecular weight is 594 g/mol. The Morgan fingerprint density at radius 3 is 2.40 bits per heavy atom. The number of methoxy groups -OCH3 is 1. The Hall–Kier alpha value is -2.03. The van der Waals surface area contributed by atoms with Crippen molar-refractivity contribution in [3.05, 3.63) is 53.6 Å². The topological polar surface area (TPSA) is 110 Å². The standard InChI is InChI=1S/C36H51NO6/c1-5-18-37(21-26(40)22-38)23-35(42)15-12-30-33(35,3)14-11-29-32(2)13-10-25(39)19-34(32)16-17-36(29,30)28(20-34)31(41)24-6-8-27(43-4)9-7-24/h6-9,16-17,20,25-26,29-30,38-40,42H,5,10-15,18-19,21-23H2,1-4H3/t25?,26-,29+,30+,32+,33-,34-,35+,36+/m0/s1. The molecule has 7 nitrogen and oxygen atoms in total. The largest absolute Gasteiger partial charge is 0.497 e. The summed E-state index contributed by atoms with van der Waals surface area (Å²) in [5, 5.41) is 43.3. The first-order valence-corrected chi connectivity index (χ1v) is 16.5. The quantitative estimate of drug-likeness (QED) is 0.233. The molecule has 4 N–H and O–H groups in total. The van der Waals surface area contributed by atoms with Crippen molar-refractivity contribution in [1.82, 2.24) is 4.90 Å². The molecule has 6 aliphatic rings. The lowest BCUT2D eigenvalue weighted by molar-refractivity contribution is -0.177. The van der Waals surface area contributed by atoms with Crippen molar-refractivity contribution in [1.29, 1.82) is 0 Å². The van der Waals surface area contributed by atoms with Gasteiger partial charge < -0.3 is 25.2 Å². The van der Waals surface area contributed by atoms with Crippen LogP contribution in [0, 0.1) is 33.5 Å². The second-order valence-electron chi connectivity index (χ2n) is 14.9. The van der Waals surface area contributed by atoms with Gasteiger partial charge in [-0.15, -0.1) is 0 Å². The molecule has 2 spiro atoms. The number of aliphatic hydroxyl groups excluding tert-OH is 3. The lowest BCUT2D eigenvalue weighted by Gasteiger charge is -2.71. The van der Waals surface area contributed by atoms with Crippen molar-refractivity contribution in [2.75, 3.05) is 33.4 Å². The van der Waals surface area contributed by atoms with Crippen LogP contribution in [0.15, 0.2) is 48.1 Å². The molecular formula is C36H51NO6. The molecule has 43 heavy (non-hydrogen) atoms. The van der Waals surface area contributed by atoms with Crippen LogP contribution >= 0.6 is 0 Å². The van der Waals surface area contributed by atoms with Gasteiger partial charge in [-0.3, -0.25) is 9.69 Å². The fourth-order valence-corrected chi connectivity index (χ4v) is 10.8. The SMILES string of the molecule is CCCN(C[C@H](O)CO)C[C@]1(O)CC[C@H]2[C@]34C=C[C@@]5(C=C3C(=O)c3ccc(OC)cc3)CC(O)CC[C@]5(C)[C@H]4CC[C@@]21C. The lowest BCUT2D eigenvalue weighted by Crippen LogP contribution is -2.67. The molecule has 9 atom stereocenters. The molecule has 0 heterocycles. The zero-order valence-electron chi connectivity index (χ0n) is 26.4. The molecule has 0 amide bonds. The number of ketones is 1. The van der Waals surface area contributed by atoms with E-state index in [0.717, 1.165) is 50.6 Å². The van der Waals surface area contributed by atoms with Gasteiger partial charge in [-0.1, -0.05) is 39.0 Å². The first kappa shape index (κ1) is 31.0. The molecule has 3 fully saturated rings. The number of benzene rings is 1. The number of nitrogens with zero attached hydrogens (tertiary/aromatic N) is 1. The number of rotatable bonds is 10. The smallest absolute Gasteiger partial charge is 0.189 e. The maximum atomic E-state index is 14.6. The molecule has 1 unspecified atom stereocenters. The summed E-state index contributed by atoms with van der Waals surface area (Å²) in [6, 6.07) is 7.40. The van der Waals surface area contributed by atoms with Crippen molar-refractivity contribution in [2.24, 2.45) is 33.5 Å². The minimum Gasteiger partial charge on any atom is -0.497 e. The second-order valence-corrected chi connectivity index (χ2v) is 14.9. The first-order chi connectivity index (χ1) is 20.4. The predicted molar refractivity (Wildman–Crippen MR) is 166 cm³/mol. The van der Waals surface area contributed by atoms with E-state index in [4.69, 9.17) is 4.74 Å². The number of aliphatic hydroxyl groups is 4. The van der Waals surface area contributed by atoms with E-state index in [1.165, 1.54) is 0 Å². The van der Waals surface area contributed by atoms with Crippen LogP contribution in [0.1, 0.15) is 82.5 Å². The third-order valence-electron chi connectivity index (χ3n) is 13.0. The van der Waals surface area contributed by atoms with Crippen LogP contribution in [-0.2, 0) is 0 Å². The molecule has 7 rings (SSSR count). The van der Waals surface area contributed by atoms with Gasteiger partial charge in [0.2, 0.25) is 0 Å². The monoisotopic (exact) mass is 593 g/mol. The molecular weight excluding hydrogens is 542 g/mol. The molecule has 3 saturated carbocycles. The fourth-order valence-electron chi connectivity index (χ4n) is 10.8. The predicted octanol–water partition coefficient (Wildman–Crippen LogP) is 4.53. The maximum absolute atomic E-state index is 14.6. The molecule has 0 aliphatic heterocycles. The van der Waals surface area contributed by atoms with Crippen LogP contribution in [-0.4, -0.2) is 82.3 Å². The van der Waals surface area contributed by atoms with Crippen molar-refractivity contribution in [3.63, 3.8) is 0 Å². The Kier molecular flexibility index (Phi) is 7.78. The van der Waals surface area contributed by atoms with Gasteiger partial charge in [0.15, 0.2) is 5.78 Å². The molecule has 1 aromatic carbocycles. The number of carbonyl (C=O) groups is 1. The molecule has 7 heteroatoms. The van der Waals surface area contributed by atoms with Gasteiger partial charge in [0.05, 0.1) is 31.5 Å². The lowest BCUT2D eigenvalue weighted by atomic mass is 9.32. The van der Waals surface area contributed by atoms with E-state index in [1.807, 2.05) is 24.3 Å². The van der Waals surface area contributed by atoms with Crippen molar-refractivity contribution < 1.29 is 30.0 Å². The van der Waals surface area contributed by atoms with Gasteiger partial charge in [0.1, 0.15) is 5.75 Å². The van der Waals surface area contributed by atoms with E-state index in [1.54, 1.807) is 7.11 Å². The van der Waals surface area contributed by atoms with E-state index in [0.29, 0.717) is 37.2 Å². The number of ether oxygens (including phenoxy) is 1. The molecule has 0 radical (unpaired) electrons. The number of carbonyl (C=O) groups excluding carboxylic acids is 1. The van der Waals surface area contributed by atoms with Crippen LogP contribution in [0.25, 0.3) is 0 Å². The van der Waals surface area contributed by atoms with Crippen LogP contribution in [0.5, 0.6) is 5.75 Å². The van der Waals surface area contributed by atoms with E-state index in [9.17, 15) is 25.2 Å². The molecule has 0 aromatic heterocycles. The van der Waals surface area contributed by atoms with E-state index in [2.05, 4.69) is 43.9 Å². The normalized spacial score (nSPS) is 41.8. The number of hydrogen-bond donors (Lipinski definition) is 4. The van der Waals surface area contributed by atoms with E-state index >= 15 is 0 Å². The summed E-state index contributed by atoms with van der Waals surface area (Å²) in [5.41, 5.74) is -0.888. The van der Waals surface area contributed by atoms with Crippen molar-refractivity contribution >= 4 is 5.78 Å². The van der Waals surface area contributed by atoms with Gasteiger partial charge >= 0.3 is 0 Å². The molecule has 0 saturated heterocycles. The van der Waals surface area contributed by atoms with Gasteiger partial charge in [-0.05, 0) is 99.4 Å². The summed E-state index contributed by atoms with van der Waals surface area (Å²) >= 11 is 0. The van der Waals surface area contributed by atoms with Gasteiger partial charge in [0, 0.05) is 40.5 Å². The summed E-state index contributed by atoms with van der Waals surface area (Å²) in [4.78, 5) is 16.8. The second kappa shape index (κ2) is 10.8. The highest BCUT2D eigenvalue weighted by Gasteiger charge is 2.74.